The van der Waals surface area contributed by atoms with E-state index in [1.165, 1.54) is 11.1 Å². The summed E-state index contributed by atoms with van der Waals surface area (Å²) in [6.07, 6.45) is 0. The smallest absolute Gasteiger partial charge is 0.0190 e. The van der Waals surface area contributed by atoms with Crippen molar-refractivity contribution in [1.82, 2.24) is 0 Å². The van der Waals surface area contributed by atoms with Crippen molar-refractivity contribution in [3.63, 3.8) is 0 Å². The van der Waals surface area contributed by atoms with Gasteiger partial charge in [0.05, 0.1) is 0 Å². The second-order valence-electron chi connectivity index (χ2n) is 3.28. The van der Waals surface area contributed by atoms with Gasteiger partial charge < -0.3 is 5.73 Å². The monoisotopic (exact) mass is 231 g/mol. The minimum absolute atomic E-state index is 0. The minimum atomic E-state index is 0. The summed E-state index contributed by atoms with van der Waals surface area (Å²) in [6.45, 7) is 5.09. The Morgan fingerprint density at radius 1 is 1.36 bits per heavy atom. The fourth-order valence-corrected chi connectivity index (χ4v) is 2.00. The van der Waals surface area contributed by atoms with Gasteiger partial charge in [-0.15, -0.1) is 12.4 Å². The molecule has 1 aromatic rings. The summed E-state index contributed by atoms with van der Waals surface area (Å²) >= 11 is 1.92. The van der Waals surface area contributed by atoms with Gasteiger partial charge >= 0.3 is 0 Å². The molecule has 0 aliphatic carbocycles. The number of thioether (sulfide) groups is 1. The van der Waals surface area contributed by atoms with Gasteiger partial charge in [0.25, 0.3) is 0 Å². The van der Waals surface area contributed by atoms with Gasteiger partial charge in [0, 0.05) is 17.5 Å². The van der Waals surface area contributed by atoms with Gasteiger partial charge in [0.15, 0.2) is 0 Å². The van der Waals surface area contributed by atoms with E-state index < -0.39 is 0 Å². The molecule has 0 bridgehead atoms. The fraction of sp³-hybridized carbons (Fsp3) is 0.455. The van der Waals surface area contributed by atoms with Crippen LogP contribution in [0.4, 0.5) is 0 Å². The summed E-state index contributed by atoms with van der Waals surface area (Å²) < 4.78 is 0. The molecule has 3 heteroatoms. The third kappa shape index (κ3) is 4.36. The lowest BCUT2D eigenvalue weighted by atomic mass is 10.1. The molecule has 0 amide bonds. The number of benzene rings is 1. The van der Waals surface area contributed by atoms with Gasteiger partial charge in [0.2, 0.25) is 0 Å². The summed E-state index contributed by atoms with van der Waals surface area (Å²) in [5.74, 6) is 1.07. The van der Waals surface area contributed by atoms with Crippen LogP contribution in [0.2, 0.25) is 0 Å². The van der Waals surface area contributed by atoms with Gasteiger partial charge in [-0.25, -0.2) is 0 Å². The molecular formula is C11H18ClNS. The molecule has 1 nitrogen and oxygen atoms in total. The lowest BCUT2D eigenvalue weighted by Gasteiger charge is -2.09. The standard InChI is InChI=1S/C11H17NS.ClH/c1-9-5-3-4-6-11(9)8-13-10(2)7-12;/h3-6,10H,7-8,12H2,1-2H3;1H. The number of hydrogen-bond acceptors (Lipinski definition) is 2. The molecule has 1 atom stereocenters. The summed E-state index contributed by atoms with van der Waals surface area (Å²) in [4.78, 5) is 0. The van der Waals surface area contributed by atoms with E-state index in [0.29, 0.717) is 5.25 Å². The van der Waals surface area contributed by atoms with Crippen LogP contribution in [-0.4, -0.2) is 11.8 Å². The van der Waals surface area contributed by atoms with Gasteiger partial charge in [-0.3, -0.25) is 0 Å². The largest absolute Gasteiger partial charge is 0.329 e. The Bertz CT molecular complexity index is 265. The van der Waals surface area contributed by atoms with Gasteiger partial charge in [-0.2, -0.15) is 11.8 Å². The van der Waals surface area contributed by atoms with E-state index in [4.69, 9.17) is 5.73 Å². The lowest BCUT2D eigenvalue weighted by Crippen LogP contribution is -2.12. The summed E-state index contributed by atoms with van der Waals surface area (Å²) in [5, 5.41) is 0.555. The van der Waals surface area contributed by atoms with E-state index in [2.05, 4.69) is 38.1 Å². The fourth-order valence-electron chi connectivity index (χ4n) is 1.07. The van der Waals surface area contributed by atoms with Crippen molar-refractivity contribution in [3.05, 3.63) is 35.4 Å². The highest BCUT2D eigenvalue weighted by molar-refractivity contribution is 7.99. The Labute approximate surface area is 96.9 Å². The Hall–Kier alpha value is -0.180. The molecule has 0 aliphatic heterocycles. The Morgan fingerprint density at radius 2 is 2.00 bits per heavy atom. The maximum Gasteiger partial charge on any atom is 0.0190 e. The quantitative estimate of drug-likeness (QED) is 0.862. The Balaban J connectivity index is 0.00000169. The molecule has 0 heterocycles. The maximum atomic E-state index is 5.55. The van der Waals surface area contributed by atoms with E-state index >= 15 is 0 Å². The number of halogens is 1. The molecule has 0 saturated heterocycles. The van der Waals surface area contributed by atoms with Crippen molar-refractivity contribution in [2.75, 3.05) is 6.54 Å². The van der Waals surface area contributed by atoms with Crippen molar-refractivity contribution >= 4 is 24.2 Å². The third-order valence-electron chi connectivity index (χ3n) is 2.12. The molecule has 2 N–H and O–H groups in total. The SMILES string of the molecule is Cc1ccccc1CSC(C)CN.Cl. The molecule has 0 spiro atoms. The van der Waals surface area contributed by atoms with Gasteiger partial charge in [-0.1, -0.05) is 31.2 Å². The number of rotatable bonds is 4. The highest BCUT2D eigenvalue weighted by Gasteiger charge is 2.01. The van der Waals surface area contributed by atoms with Crippen LogP contribution in [0.1, 0.15) is 18.1 Å². The predicted octanol–water partition coefficient (Wildman–Crippen LogP) is 3.00. The van der Waals surface area contributed by atoms with Crippen LogP contribution in [0.15, 0.2) is 24.3 Å². The van der Waals surface area contributed by atoms with Crippen molar-refractivity contribution in [1.29, 1.82) is 0 Å². The molecule has 0 fully saturated rings. The zero-order chi connectivity index (χ0) is 9.68. The number of aryl methyl sites for hydroxylation is 1. The second kappa shape index (κ2) is 7.16. The zero-order valence-corrected chi connectivity index (χ0v) is 10.3. The molecule has 0 aromatic heterocycles. The van der Waals surface area contributed by atoms with Crippen LogP contribution in [-0.2, 0) is 5.75 Å². The van der Waals surface area contributed by atoms with Gasteiger partial charge in [0.1, 0.15) is 0 Å². The van der Waals surface area contributed by atoms with E-state index in [0.717, 1.165) is 12.3 Å². The second-order valence-corrected chi connectivity index (χ2v) is 4.71. The highest BCUT2D eigenvalue weighted by Crippen LogP contribution is 2.19. The van der Waals surface area contributed by atoms with Crippen molar-refractivity contribution in [2.45, 2.75) is 24.9 Å². The normalized spacial score (nSPS) is 11.9. The van der Waals surface area contributed by atoms with Crippen LogP contribution in [0.5, 0.6) is 0 Å². The first kappa shape index (κ1) is 13.8. The molecular weight excluding hydrogens is 214 g/mol. The van der Waals surface area contributed by atoms with Crippen LogP contribution < -0.4 is 5.73 Å². The average molecular weight is 232 g/mol. The van der Waals surface area contributed by atoms with Crippen molar-refractivity contribution in [2.24, 2.45) is 5.73 Å². The number of nitrogens with two attached hydrogens (primary N) is 1. The molecule has 1 unspecified atom stereocenters. The molecule has 0 saturated carbocycles. The molecule has 1 rings (SSSR count). The first-order valence-corrected chi connectivity index (χ1v) is 5.65. The van der Waals surface area contributed by atoms with Crippen molar-refractivity contribution in [3.8, 4) is 0 Å². The van der Waals surface area contributed by atoms with E-state index in [1.807, 2.05) is 11.8 Å². The molecule has 0 aliphatic rings. The van der Waals surface area contributed by atoms with E-state index in [9.17, 15) is 0 Å². The van der Waals surface area contributed by atoms with Crippen molar-refractivity contribution < 1.29 is 0 Å². The summed E-state index contributed by atoms with van der Waals surface area (Å²) in [7, 11) is 0. The Kier molecular flexibility index (Phi) is 7.06. The summed E-state index contributed by atoms with van der Waals surface area (Å²) in [6, 6.07) is 8.51. The van der Waals surface area contributed by atoms with Crippen LogP contribution >= 0.6 is 24.2 Å². The highest BCUT2D eigenvalue weighted by atomic mass is 35.5. The zero-order valence-electron chi connectivity index (χ0n) is 8.69. The predicted molar refractivity (Wildman–Crippen MR) is 68.2 cm³/mol. The minimum Gasteiger partial charge on any atom is -0.329 e. The lowest BCUT2D eigenvalue weighted by molar-refractivity contribution is 0.950. The van der Waals surface area contributed by atoms with E-state index in [-0.39, 0.29) is 12.4 Å². The van der Waals surface area contributed by atoms with Crippen LogP contribution in [0, 0.1) is 6.92 Å². The third-order valence-corrected chi connectivity index (χ3v) is 3.36. The van der Waals surface area contributed by atoms with Crippen LogP contribution in [0.3, 0.4) is 0 Å². The molecule has 14 heavy (non-hydrogen) atoms. The molecule has 80 valence electrons. The average Bonchev–Trinajstić information content (AvgIpc) is 2.16. The molecule has 1 aromatic carbocycles. The topological polar surface area (TPSA) is 26.0 Å². The Morgan fingerprint density at radius 3 is 2.57 bits per heavy atom. The summed E-state index contributed by atoms with van der Waals surface area (Å²) in [5.41, 5.74) is 8.35. The number of hydrogen-bond donors (Lipinski definition) is 1. The van der Waals surface area contributed by atoms with Gasteiger partial charge in [-0.05, 0) is 18.1 Å². The van der Waals surface area contributed by atoms with Crippen LogP contribution in [0.25, 0.3) is 0 Å². The van der Waals surface area contributed by atoms with E-state index in [1.54, 1.807) is 0 Å². The maximum absolute atomic E-state index is 5.55. The first-order valence-electron chi connectivity index (χ1n) is 4.60. The molecule has 0 radical (unpaired) electrons. The first-order chi connectivity index (χ1) is 6.24.